The first-order valence-electron chi connectivity index (χ1n) is 9.57. The highest BCUT2D eigenvalue weighted by Crippen LogP contribution is 2.40. The lowest BCUT2D eigenvalue weighted by molar-refractivity contribution is 0.309. The lowest BCUT2D eigenvalue weighted by atomic mass is 10.0. The second-order valence-corrected chi connectivity index (χ2v) is 8.00. The van der Waals surface area contributed by atoms with E-state index in [0.717, 1.165) is 55.9 Å². The van der Waals surface area contributed by atoms with Crippen molar-refractivity contribution in [2.75, 3.05) is 31.1 Å². The van der Waals surface area contributed by atoms with Crippen LogP contribution in [0.15, 0.2) is 36.7 Å². The number of likely N-dealkylation sites (tertiary alicyclic amines) is 1. The Morgan fingerprint density at radius 3 is 2.38 bits per heavy atom. The van der Waals surface area contributed by atoms with Crippen molar-refractivity contribution in [3.63, 3.8) is 0 Å². The maximum Gasteiger partial charge on any atom is 0.132 e. The molecular formula is C21H23N5. The average molecular weight is 345 g/mol. The zero-order valence-electron chi connectivity index (χ0n) is 14.9. The van der Waals surface area contributed by atoms with Gasteiger partial charge in [-0.3, -0.25) is 4.90 Å². The first-order chi connectivity index (χ1) is 12.8. The molecule has 5 nitrogen and oxygen atoms in total. The minimum atomic E-state index is 0.682. The Balaban J connectivity index is 1.20. The van der Waals surface area contributed by atoms with Crippen LogP contribution in [0.4, 0.5) is 5.82 Å². The van der Waals surface area contributed by atoms with Gasteiger partial charge in [-0.05, 0) is 42.4 Å². The van der Waals surface area contributed by atoms with Crippen molar-refractivity contribution in [3.05, 3.63) is 53.5 Å². The molecule has 0 radical (unpaired) electrons. The molecule has 26 heavy (non-hydrogen) atoms. The van der Waals surface area contributed by atoms with Crippen LogP contribution < -0.4 is 4.90 Å². The summed E-state index contributed by atoms with van der Waals surface area (Å²) in [6.45, 7) is 5.51. The van der Waals surface area contributed by atoms with Crippen LogP contribution in [0.3, 0.4) is 0 Å². The van der Waals surface area contributed by atoms with E-state index in [9.17, 15) is 0 Å². The van der Waals surface area contributed by atoms with Gasteiger partial charge in [-0.25, -0.2) is 9.97 Å². The number of hydrogen-bond acceptors (Lipinski definition) is 5. The third kappa shape index (κ3) is 3.06. The third-order valence-corrected chi connectivity index (χ3v) is 6.04. The van der Waals surface area contributed by atoms with E-state index in [1.165, 1.54) is 24.1 Å². The molecule has 0 N–H and O–H groups in total. The summed E-state index contributed by atoms with van der Waals surface area (Å²) in [4.78, 5) is 14.0. The Morgan fingerprint density at radius 2 is 1.73 bits per heavy atom. The summed E-state index contributed by atoms with van der Waals surface area (Å²) in [6.07, 6.45) is 4.31. The molecular weight excluding hydrogens is 322 g/mol. The van der Waals surface area contributed by atoms with E-state index in [1.54, 1.807) is 6.33 Å². The summed E-state index contributed by atoms with van der Waals surface area (Å²) in [5.74, 6) is 3.26. The average Bonchev–Trinajstić information content (AvgIpc) is 3.35. The zero-order valence-corrected chi connectivity index (χ0v) is 14.9. The van der Waals surface area contributed by atoms with E-state index in [1.807, 2.05) is 12.1 Å². The van der Waals surface area contributed by atoms with E-state index in [0.29, 0.717) is 5.92 Å². The van der Waals surface area contributed by atoms with E-state index < -0.39 is 0 Å². The first kappa shape index (κ1) is 15.8. The maximum atomic E-state index is 8.92. The van der Waals surface area contributed by atoms with Gasteiger partial charge in [-0.2, -0.15) is 5.26 Å². The first-order valence-corrected chi connectivity index (χ1v) is 9.57. The molecule has 2 saturated heterocycles. The van der Waals surface area contributed by atoms with Crippen molar-refractivity contribution in [2.45, 2.75) is 25.3 Å². The fraction of sp³-hybridized carbons (Fsp3) is 0.476. The SMILES string of the molecule is N#Cc1ccc(CN2CC3CN(c4cc(C5CC5)ncn4)CC3C2)cc1. The van der Waals surface area contributed by atoms with Crippen LogP contribution in [-0.4, -0.2) is 41.0 Å². The second-order valence-electron chi connectivity index (χ2n) is 8.00. The van der Waals surface area contributed by atoms with E-state index >= 15 is 0 Å². The van der Waals surface area contributed by atoms with Gasteiger partial charge in [0, 0.05) is 50.4 Å². The maximum absolute atomic E-state index is 8.92. The predicted molar refractivity (Wildman–Crippen MR) is 99.6 cm³/mol. The fourth-order valence-electron chi connectivity index (χ4n) is 4.49. The number of rotatable bonds is 4. The van der Waals surface area contributed by atoms with E-state index in [-0.39, 0.29) is 0 Å². The smallest absolute Gasteiger partial charge is 0.132 e. The molecule has 3 fully saturated rings. The highest BCUT2D eigenvalue weighted by atomic mass is 15.3. The largest absolute Gasteiger partial charge is 0.356 e. The molecule has 0 amide bonds. The van der Waals surface area contributed by atoms with Gasteiger partial charge in [0.15, 0.2) is 0 Å². The molecule has 1 saturated carbocycles. The summed E-state index contributed by atoms with van der Waals surface area (Å²) in [5, 5.41) is 8.92. The quantitative estimate of drug-likeness (QED) is 0.853. The van der Waals surface area contributed by atoms with Crippen LogP contribution in [0.25, 0.3) is 0 Å². The number of benzene rings is 1. The summed E-state index contributed by atoms with van der Waals surface area (Å²) < 4.78 is 0. The summed E-state index contributed by atoms with van der Waals surface area (Å²) in [7, 11) is 0. The molecule has 132 valence electrons. The van der Waals surface area contributed by atoms with Crippen LogP contribution >= 0.6 is 0 Å². The Hall–Kier alpha value is -2.45. The summed E-state index contributed by atoms with van der Waals surface area (Å²) in [5.41, 5.74) is 3.26. The Bertz CT molecular complexity index is 822. The minimum absolute atomic E-state index is 0.682. The predicted octanol–water partition coefficient (Wildman–Crippen LogP) is 2.79. The molecule has 2 atom stereocenters. The number of anilines is 1. The molecule has 3 aliphatic rings. The topological polar surface area (TPSA) is 56.1 Å². The molecule has 1 aromatic carbocycles. The van der Waals surface area contributed by atoms with Crippen LogP contribution in [-0.2, 0) is 6.54 Å². The normalized spacial score (nSPS) is 25.3. The van der Waals surface area contributed by atoms with Crippen molar-refractivity contribution < 1.29 is 0 Å². The zero-order chi connectivity index (χ0) is 17.5. The van der Waals surface area contributed by atoms with Gasteiger partial charge in [0.25, 0.3) is 0 Å². The van der Waals surface area contributed by atoms with Crippen molar-refractivity contribution in [1.82, 2.24) is 14.9 Å². The third-order valence-electron chi connectivity index (χ3n) is 6.04. The lowest BCUT2D eigenvalue weighted by Crippen LogP contribution is -2.29. The van der Waals surface area contributed by atoms with Crippen LogP contribution in [0.1, 0.15) is 35.6 Å². The molecule has 0 bridgehead atoms. The van der Waals surface area contributed by atoms with Crippen molar-refractivity contribution in [1.29, 1.82) is 5.26 Å². The van der Waals surface area contributed by atoms with Crippen LogP contribution in [0.5, 0.6) is 0 Å². The van der Waals surface area contributed by atoms with Crippen molar-refractivity contribution >= 4 is 5.82 Å². The molecule has 3 heterocycles. The van der Waals surface area contributed by atoms with Gasteiger partial charge in [-0.15, -0.1) is 0 Å². The second kappa shape index (κ2) is 6.37. The molecule has 0 spiro atoms. The molecule has 2 aliphatic heterocycles. The molecule has 1 aliphatic carbocycles. The van der Waals surface area contributed by atoms with Crippen LogP contribution in [0.2, 0.25) is 0 Å². The Morgan fingerprint density at radius 1 is 1.00 bits per heavy atom. The Labute approximate surface area is 154 Å². The molecule has 2 unspecified atom stereocenters. The lowest BCUT2D eigenvalue weighted by Gasteiger charge is -2.22. The van der Waals surface area contributed by atoms with Gasteiger partial charge in [0.2, 0.25) is 0 Å². The summed E-state index contributed by atoms with van der Waals surface area (Å²) in [6, 6.07) is 12.4. The monoisotopic (exact) mass is 345 g/mol. The number of aromatic nitrogens is 2. The van der Waals surface area contributed by atoms with Crippen molar-refractivity contribution in [3.8, 4) is 6.07 Å². The van der Waals surface area contributed by atoms with E-state index in [2.05, 4.69) is 44.0 Å². The van der Waals surface area contributed by atoms with Gasteiger partial charge < -0.3 is 4.90 Å². The number of nitrogens with zero attached hydrogens (tertiary/aromatic N) is 5. The molecule has 5 heteroatoms. The van der Waals surface area contributed by atoms with Crippen LogP contribution in [0, 0.1) is 23.2 Å². The fourth-order valence-corrected chi connectivity index (χ4v) is 4.49. The molecule has 2 aromatic rings. The van der Waals surface area contributed by atoms with Gasteiger partial charge in [0.05, 0.1) is 11.6 Å². The molecule has 5 rings (SSSR count). The molecule has 1 aromatic heterocycles. The van der Waals surface area contributed by atoms with Gasteiger partial charge >= 0.3 is 0 Å². The highest BCUT2D eigenvalue weighted by molar-refractivity contribution is 5.42. The standard InChI is InChI=1S/C21H23N5/c22-8-15-1-3-16(4-2-15)9-25-10-18-12-26(13-19(18)11-25)21-7-20(17-5-6-17)23-14-24-21/h1-4,7,14,17-19H,5-6,9-13H2. The van der Waals surface area contributed by atoms with Crippen molar-refractivity contribution in [2.24, 2.45) is 11.8 Å². The van der Waals surface area contributed by atoms with Gasteiger partial charge in [0.1, 0.15) is 12.1 Å². The highest BCUT2D eigenvalue weighted by Gasteiger charge is 2.40. The number of fused-ring (bicyclic) bond motifs is 1. The van der Waals surface area contributed by atoms with E-state index in [4.69, 9.17) is 5.26 Å². The van der Waals surface area contributed by atoms with Gasteiger partial charge in [-0.1, -0.05) is 12.1 Å². The summed E-state index contributed by atoms with van der Waals surface area (Å²) >= 11 is 0. The number of hydrogen-bond donors (Lipinski definition) is 0. The minimum Gasteiger partial charge on any atom is -0.356 e. The Kier molecular flexibility index (Phi) is 3.86. The number of nitriles is 1.